The number of benzene rings is 1. The van der Waals surface area contributed by atoms with E-state index in [1.54, 1.807) is 24.3 Å². The molecule has 1 N–H and O–H groups in total. The summed E-state index contributed by atoms with van der Waals surface area (Å²) < 4.78 is 5.63. The van der Waals surface area contributed by atoms with Crippen molar-refractivity contribution < 1.29 is 4.74 Å². The molecule has 0 saturated carbocycles. The Morgan fingerprint density at radius 1 is 1.42 bits per heavy atom. The normalized spacial score (nSPS) is 10.0. The summed E-state index contributed by atoms with van der Waals surface area (Å²) in [7, 11) is 0. The zero-order valence-electron chi connectivity index (χ0n) is 13.3. The molecule has 0 amide bonds. The standard InChI is InChI=1S/C18H17N3O2S/c1-4-6-12-10-13(7-8-15(12)23-9-5-2)16-14(11-19)17(22)21-18(20-16)24-3/h4-5,7-8,10H,1-2,6,9H2,3H3,(H,20,21,22). The summed E-state index contributed by atoms with van der Waals surface area (Å²) in [5, 5.41) is 9.76. The lowest BCUT2D eigenvalue weighted by atomic mass is 10.0. The maximum absolute atomic E-state index is 12.1. The molecule has 0 radical (unpaired) electrons. The molecule has 6 heteroatoms. The average Bonchev–Trinajstić information content (AvgIpc) is 2.60. The third-order valence-corrected chi connectivity index (χ3v) is 3.84. The van der Waals surface area contributed by atoms with Gasteiger partial charge in [-0.3, -0.25) is 4.79 Å². The van der Waals surface area contributed by atoms with Gasteiger partial charge in [0.25, 0.3) is 5.56 Å². The van der Waals surface area contributed by atoms with Crippen molar-refractivity contribution in [3.63, 3.8) is 0 Å². The largest absolute Gasteiger partial charge is 0.489 e. The Labute approximate surface area is 144 Å². The predicted octanol–water partition coefficient (Wildman–Crippen LogP) is 3.32. The molecule has 1 heterocycles. The summed E-state index contributed by atoms with van der Waals surface area (Å²) in [5.74, 6) is 0.715. The van der Waals surface area contributed by atoms with Gasteiger partial charge in [-0.1, -0.05) is 30.5 Å². The Kier molecular flexibility index (Phi) is 5.99. The molecular formula is C18H17N3O2S. The Hall–Kier alpha value is -2.78. The van der Waals surface area contributed by atoms with E-state index in [4.69, 9.17) is 4.74 Å². The first-order chi connectivity index (χ1) is 11.6. The van der Waals surface area contributed by atoms with E-state index in [2.05, 4.69) is 23.1 Å². The fraction of sp³-hybridized carbons (Fsp3) is 0.167. The molecule has 2 aromatic rings. The summed E-state index contributed by atoms with van der Waals surface area (Å²) in [6.45, 7) is 7.78. The fourth-order valence-electron chi connectivity index (χ4n) is 2.19. The molecule has 5 nitrogen and oxygen atoms in total. The first-order valence-electron chi connectivity index (χ1n) is 7.20. The Bertz CT molecular complexity index is 866. The number of aromatic amines is 1. The van der Waals surface area contributed by atoms with Crippen molar-refractivity contribution in [1.29, 1.82) is 5.26 Å². The number of nitrogens with one attached hydrogen (secondary N) is 1. The lowest BCUT2D eigenvalue weighted by Gasteiger charge is -2.12. The van der Waals surface area contributed by atoms with E-state index < -0.39 is 5.56 Å². The van der Waals surface area contributed by atoms with Crippen LogP contribution in [0.5, 0.6) is 5.75 Å². The third-order valence-electron chi connectivity index (χ3n) is 3.26. The predicted molar refractivity (Wildman–Crippen MR) is 96.4 cm³/mol. The molecule has 0 fully saturated rings. The van der Waals surface area contributed by atoms with Gasteiger partial charge in [0, 0.05) is 5.56 Å². The van der Waals surface area contributed by atoms with E-state index in [-0.39, 0.29) is 5.56 Å². The monoisotopic (exact) mass is 339 g/mol. The molecule has 24 heavy (non-hydrogen) atoms. The Balaban J connectivity index is 2.60. The number of hydrogen-bond acceptors (Lipinski definition) is 5. The van der Waals surface area contributed by atoms with Gasteiger partial charge in [-0.2, -0.15) is 5.26 Å². The lowest BCUT2D eigenvalue weighted by molar-refractivity contribution is 0.360. The van der Waals surface area contributed by atoms with Crippen LogP contribution in [0.1, 0.15) is 11.1 Å². The van der Waals surface area contributed by atoms with Crippen molar-refractivity contribution in [2.45, 2.75) is 11.6 Å². The highest BCUT2D eigenvalue weighted by Crippen LogP contribution is 2.28. The van der Waals surface area contributed by atoms with Crippen LogP contribution in [0.4, 0.5) is 0 Å². The molecule has 0 atom stereocenters. The molecule has 0 aliphatic carbocycles. The fourth-order valence-corrected chi connectivity index (χ4v) is 2.57. The molecule has 1 aromatic carbocycles. The zero-order chi connectivity index (χ0) is 17.5. The first-order valence-corrected chi connectivity index (χ1v) is 8.43. The number of hydrogen-bond donors (Lipinski definition) is 1. The van der Waals surface area contributed by atoms with Crippen LogP contribution in [-0.4, -0.2) is 22.8 Å². The maximum Gasteiger partial charge on any atom is 0.270 e. The van der Waals surface area contributed by atoms with Crippen LogP contribution >= 0.6 is 11.8 Å². The minimum absolute atomic E-state index is 0.00267. The van der Waals surface area contributed by atoms with Gasteiger partial charge in [0.2, 0.25) is 0 Å². The first kappa shape index (κ1) is 17.6. The van der Waals surface area contributed by atoms with Gasteiger partial charge in [0.15, 0.2) is 5.16 Å². The van der Waals surface area contributed by atoms with Crippen LogP contribution in [0.2, 0.25) is 0 Å². The van der Waals surface area contributed by atoms with Crippen molar-refractivity contribution in [3.05, 3.63) is 65.0 Å². The second-order valence-corrected chi connectivity index (χ2v) is 5.62. The number of aromatic nitrogens is 2. The number of rotatable bonds is 7. The van der Waals surface area contributed by atoms with Crippen LogP contribution in [-0.2, 0) is 6.42 Å². The highest BCUT2D eigenvalue weighted by atomic mass is 32.2. The van der Waals surface area contributed by atoms with Crippen LogP contribution < -0.4 is 10.3 Å². The number of thioether (sulfide) groups is 1. The highest BCUT2D eigenvalue weighted by molar-refractivity contribution is 7.98. The zero-order valence-corrected chi connectivity index (χ0v) is 14.2. The number of nitrogens with zero attached hydrogens (tertiary/aromatic N) is 2. The maximum atomic E-state index is 12.1. The lowest BCUT2D eigenvalue weighted by Crippen LogP contribution is -2.14. The third kappa shape index (κ3) is 3.76. The van der Waals surface area contributed by atoms with Crippen molar-refractivity contribution in [2.75, 3.05) is 12.9 Å². The van der Waals surface area contributed by atoms with E-state index in [0.717, 1.165) is 5.56 Å². The molecule has 0 bridgehead atoms. The van der Waals surface area contributed by atoms with Gasteiger partial charge in [0.05, 0.1) is 5.69 Å². The number of allylic oxidation sites excluding steroid dienone is 1. The molecule has 0 saturated heterocycles. The minimum atomic E-state index is -0.441. The van der Waals surface area contributed by atoms with Crippen LogP contribution in [0, 0.1) is 11.3 Å². The summed E-state index contributed by atoms with van der Waals surface area (Å²) in [4.78, 5) is 19.0. The summed E-state index contributed by atoms with van der Waals surface area (Å²) in [5.41, 5.74) is 1.52. The van der Waals surface area contributed by atoms with Crippen LogP contribution in [0.25, 0.3) is 11.3 Å². The molecule has 0 aliphatic heterocycles. The van der Waals surface area contributed by atoms with E-state index in [1.807, 2.05) is 18.4 Å². The number of ether oxygens (including phenoxy) is 1. The highest BCUT2D eigenvalue weighted by Gasteiger charge is 2.15. The second-order valence-electron chi connectivity index (χ2n) is 4.83. The summed E-state index contributed by atoms with van der Waals surface area (Å²) >= 11 is 1.31. The molecule has 122 valence electrons. The van der Waals surface area contributed by atoms with Crippen molar-refractivity contribution in [2.24, 2.45) is 0 Å². The smallest absolute Gasteiger partial charge is 0.270 e. The quantitative estimate of drug-likeness (QED) is 0.475. The second kappa shape index (κ2) is 8.18. The minimum Gasteiger partial charge on any atom is -0.489 e. The summed E-state index contributed by atoms with van der Waals surface area (Å²) in [6, 6.07) is 7.40. The molecule has 0 spiro atoms. The molecule has 1 aromatic heterocycles. The molecular weight excluding hydrogens is 322 g/mol. The van der Waals surface area contributed by atoms with Gasteiger partial charge in [-0.15, -0.1) is 6.58 Å². The average molecular weight is 339 g/mol. The van der Waals surface area contributed by atoms with Crippen molar-refractivity contribution >= 4 is 11.8 Å². The van der Waals surface area contributed by atoms with E-state index in [1.165, 1.54) is 11.8 Å². The topological polar surface area (TPSA) is 78.8 Å². The SMILES string of the molecule is C=CCOc1ccc(-c2nc(SC)[nH]c(=O)c2C#N)cc1CC=C. The number of H-pyrrole nitrogens is 1. The summed E-state index contributed by atoms with van der Waals surface area (Å²) in [6.07, 6.45) is 5.84. The van der Waals surface area contributed by atoms with E-state index in [0.29, 0.717) is 35.2 Å². The Morgan fingerprint density at radius 2 is 2.21 bits per heavy atom. The Morgan fingerprint density at radius 3 is 2.83 bits per heavy atom. The van der Waals surface area contributed by atoms with Gasteiger partial charge < -0.3 is 9.72 Å². The van der Waals surface area contributed by atoms with Gasteiger partial charge >= 0.3 is 0 Å². The van der Waals surface area contributed by atoms with Crippen LogP contribution in [0.3, 0.4) is 0 Å². The van der Waals surface area contributed by atoms with Gasteiger partial charge in [0.1, 0.15) is 24.0 Å². The van der Waals surface area contributed by atoms with E-state index >= 15 is 0 Å². The van der Waals surface area contributed by atoms with Crippen molar-refractivity contribution in [3.8, 4) is 23.1 Å². The van der Waals surface area contributed by atoms with Gasteiger partial charge in [-0.05, 0) is 36.4 Å². The van der Waals surface area contributed by atoms with Gasteiger partial charge in [-0.25, -0.2) is 4.98 Å². The molecule has 0 unspecified atom stereocenters. The van der Waals surface area contributed by atoms with Crippen molar-refractivity contribution in [1.82, 2.24) is 9.97 Å². The van der Waals surface area contributed by atoms with E-state index in [9.17, 15) is 10.1 Å². The van der Waals surface area contributed by atoms with Crippen LogP contribution in [0.15, 0.2) is 53.5 Å². The number of nitriles is 1. The molecule has 0 aliphatic rings. The molecule has 2 rings (SSSR count).